The Labute approximate surface area is 103 Å². The lowest BCUT2D eigenvalue weighted by atomic mass is 10.2. The predicted octanol–water partition coefficient (Wildman–Crippen LogP) is -0.0826. The van der Waals surface area contributed by atoms with Crippen molar-refractivity contribution in [3.8, 4) is 17.4 Å². The van der Waals surface area contributed by atoms with E-state index in [4.69, 9.17) is 20.1 Å². The zero-order valence-electron chi connectivity index (χ0n) is 9.78. The molecule has 2 aromatic rings. The van der Waals surface area contributed by atoms with Gasteiger partial charge < -0.3 is 20.1 Å². The summed E-state index contributed by atoms with van der Waals surface area (Å²) < 4.78 is 9.98. The molecule has 96 valence electrons. The second kappa shape index (κ2) is 5.52. The summed E-state index contributed by atoms with van der Waals surface area (Å²) in [5.41, 5.74) is 6.22. The molecule has 0 saturated carbocycles. The summed E-state index contributed by atoms with van der Waals surface area (Å²) in [7, 11) is 1.50. The number of rotatable bonds is 5. The number of methoxy groups -OCH3 is 1. The van der Waals surface area contributed by atoms with Crippen LogP contribution < -0.4 is 10.5 Å². The SMILES string of the molecule is COc1cc(-c2noc(C(N)CCO)n2)ncn1. The normalized spacial score (nSPS) is 12.4. The van der Waals surface area contributed by atoms with Gasteiger partial charge >= 0.3 is 0 Å². The van der Waals surface area contributed by atoms with Crippen LogP contribution in [0.1, 0.15) is 18.4 Å². The van der Waals surface area contributed by atoms with Crippen molar-refractivity contribution in [1.82, 2.24) is 20.1 Å². The molecule has 1 unspecified atom stereocenters. The first kappa shape index (κ1) is 12.4. The van der Waals surface area contributed by atoms with Crippen molar-refractivity contribution >= 4 is 0 Å². The number of nitrogens with zero attached hydrogens (tertiary/aromatic N) is 4. The maximum Gasteiger partial charge on any atom is 0.244 e. The Morgan fingerprint density at radius 3 is 3.06 bits per heavy atom. The van der Waals surface area contributed by atoms with Gasteiger partial charge in [-0.1, -0.05) is 5.16 Å². The molecular formula is C10H13N5O3. The first-order chi connectivity index (χ1) is 8.74. The Morgan fingerprint density at radius 1 is 1.50 bits per heavy atom. The topological polar surface area (TPSA) is 120 Å². The minimum Gasteiger partial charge on any atom is -0.481 e. The van der Waals surface area contributed by atoms with E-state index >= 15 is 0 Å². The Morgan fingerprint density at radius 2 is 2.33 bits per heavy atom. The summed E-state index contributed by atoms with van der Waals surface area (Å²) in [4.78, 5) is 12.0. The number of nitrogens with two attached hydrogens (primary N) is 1. The molecule has 8 nitrogen and oxygen atoms in total. The third-order valence-electron chi connectivity index (χ3n) is 2.28. The molecule has 0 saturated heterocycles. The van der Waals surface area contributed by atoms with Gasteiger partial charge in [0.2, 0.25) is 17.6 Å². The minimum atomic E-state index is -0.486. The van der Waals surface area contributed by atoms with Crippen LogP contribution in [-0.4, -0.2) is 38.9 Å². The summed E-state index contributed by atoms with van der Waals surface area (Å²) in [5.74, 6) is 0.974. The number of hydrogen-bond donors (Lipinski definition) is 2. The third kappa shape index (κ3) is 2.60. The molecule has 0 aliphatic carbocycles. The van der Waals surface area contributed by atoms with E-state index in [0.717, 1.165) is 0 Å². The van der Waals surface area contributed by atoms with E-state index in [9.17, 15) is 0 Å². The van der Waals surface area contributed by atoms with Crippen LogP contribution in [0.2, 0.25) is 0 Å². The summed E-state index contributed by atoms with van der Waals surface area (Å²) in [6.45, 7) is -0.0415. The third-order valence-corrected chi connectivity index (χ3v) is 2.28. The molecular weight excluding hydrogens is 238 g/mol. The van der Waals surface area contributed by atoms with E-state index < -0.39 is 6.04 Å². The fourth-order valence-electron chi connectivity index (χ4n) is 1.33. The summed E-state index contributed by atoms with van der Waals surface area (Å²) in [5, 5.41) is 12.6. The maximum atomic E-state index is 8.78. The molecule has 2 aromatic heterocycles. The second-order valence-electron chi connectivity index (χ2n) is 3.52. The number of aliphatic hydroxyl groups excluding tert-OH is 1. The highest BCUT2D eigenvalue weighted by atomic mass is 16.5. The van der Waals surface area contributed by atoms with Gasteiger partial charge in [-0.05, 0) is 6.42 Å². The molecule has 2 rings (SSSR count). The lowest BCUT2D eigenvalue weighted by Gasteiger charge is -2.01. The van der Waals surface area contributed by atoms with Crippen LogP contribution in [0.3, 0.4) is 0 Å². The van der Waals surface area contributed by atoms with Crippen molar-refractivity contribution in [3.05, 3.63) is 18.3 Å². The van der Waals surface area contributed by atoms with Crippen LogP contribution in [0.15, 0.2) is 16.9 Å². The lowest BCUT2D eigenvalue weighted by Crippen LogP contribution is -2.12. The highest BCUT2D eigenvalue weighted by molar-refractivity contribution is 5.49. The largest absolute Gasteiger partial charge is 0.481 e. The summed E-state index contributed by atoms with van der Waals surface area (Å²) in [6, 6.07) is 1.10. The zero-order valence-corrected chi connectivity index (χ0v) is 9.78. The number of aliphatic hydroxyl groups is 1. The van der Waals surface area contributed by atoms with E-state index in [-0.39, 0.29) is 12.5 Å². The molecule has 8 heteroatoms. The molecule has 2 heterocycles. The van der Waals surface area contributed by atoms with Gasteiger partial charge in [0.25, 0.3) is 0 Å². The van der Waals surface area contributed by atoms with Gasteiger partial charge in [-0.3, -0.25) is 0 Å². The van der Waals surface area contributed by atoms with E-state index in [0.29, 0.717) is 23.8 Å². The summed E-state index contributed by atoms with van der Waals surface area (Å²) >= 11 is 0. The molecule has 0 bridgehead atoms. The second-order valence-corrected chi connectivity index (χ2v) is 3.52. The molecule has 1 atom stereocenters. The number of aromatic nitrogens is 4. The van der Waals surface area contributed by atoms with Crippen molar-refractivity contribution < 1.29 is 14.4 Å². The van der Waals surface area contributed by atoms with Gasteiger partial charge in [0.1, 0.15) is 12.0 Å². The zero-order chi connectivity index (χ0) is 13.0. The average molecular weight is 251 g/mol. The molecule has 0 aromatic carbocycles. The fraction of sp³-hybridized carbons (Fsp3) is 0.400. The van der Waals surface area contributed by atoms with Crippen molar-refractivity contribution in [2.45, 2.75) is 12.5 Å². The van der Waals surface area contributed by atoms with Crippen LogP contribution in [0, 0.1) is 0 Å². The van der Waals surface area contributed by atoms with Gasteiger partial charge in [0, 0.05) is 12.7 Å². The Bertz CT molecular complexity index is 516. The standard InChI is InChI=1S/C10H13N5O3/c1-17-8-4-7(12-5-13-8)9-14-10(18-15-9)6(11)2-3-16/h4-6,16H,2-3,11H2,1H3. The van der Waals surface area contributed by atoms with Crippen molar-refractivity contribution in [1.29, 1.82) is 0 Å². The highest BCUT2D eigenvalue weighted by Crippen LogP contribution is 2.19. The van der Waals surface area contributed by atoms with Gasteiger partial charge in [-0.2, -0.15) is 4.98 Å². The highest BCUT2D eigenvalue weighted by Gasteiger charge is 2.16. The molecule has 0 aliphatic heterocycles. The Balaban J connectivity index is 2.23. The van der Waals surface area contributed by atoms with E-state index in [2.05, 4.69) is 20.1 Å². The van der Waals surface area contributed by atoms with E-state index in [1.165, 1.54) is 13.4 Å². The van der Waals surface area contributed by atoms with Gasteiger partial charge in [-0.25, -0.2) is 9.97 Å². The molecule has 18 heavy (non-hydrogen) atoms. The Hall–Kier alpha value is -2.06. The smallest absolute Gasteiger partial charge is 0.244 e. The van der Waals surface area contributed by atoms with Crippen molar-refractivity contribution in [2.75, 3.05) is 13.7 Å². The predicted molar refractivity (Wildman–Crippen MR) is 60.5 cm³/mol. The molecule has 0 radical (unpaired) electrons. The lowest BCUT2D eigenvalue weighted by molar-refractivity contribution is 0.259. The minimum absolute atomic E-state index is 0.0415. The molecule has 0 fully saturated rings. The monoisotopic (exact) mass is 251 g/mol. The summed E-state index contributed by atoms with van der Waals surface area (Å²) in [6.07, 6.45) is 1.70. The molecule has 0 amide bonds. The van der Waals surface area contributed by atoms with Crippen molar-refractivity contribution in [2.24, 2.45) is 5.73 Å². The van der Waals surface area contributed by atoms with Crippen molar-refractivity contribution in [3.63, 3.8) is 0 Å². The fourth-order valence-corrected chi connectivity index (χ4v) is 1.33. The first-order valence-electron chi connectivity index (χ1n) is 5.31. The van der Waals surface area contributed by atoms with Crippen LogP contribution >= 0.6 is 0 Å². The number of hydrogen-bond acceptors (Lipinski definition) is 8. The molecule has 0 aliphatic rings. The van der Waals surface area contributed by atoms with Gasteiger partial charge in [-0.15, -0.1) is 0 Å². The number of ether oxygens (including phenoxy) is 1. The van der Waals surface area contributed by atoms with Gasteiger partial charge in [0.05, 0.1) is 13.2 Å². The molecule has 0 spiro atoms. The van der Waals surface area contributed by atoms with Crippen LogP contribution in [-0.2, 0) is 0 Å². The van der Waals surface area contributed by atoms with Crippen LogP contribution in [0.4, 0.5) is 0 Å². The van der Waals surface area contributed by atoms with E-state index in [1.807, 2.05) is 0 Å². The Kier molecular flexibility index (Phi) is 3.80. The van der Waals surface area contributed by atoms with Crippen LogP contribution in [0.25, 0.3) is 11.5 Å². The quantitative estimate of drug-likeness (QED) is 0.756. The average Bonchev–Trinajstić information content (AvgIpc) is 2.89. The maximum absolute atomic E-state index is 8.78. The van der Waals surface area contributed by atoms with E-state index in [1.54, 1.807) is 6.07 Å². The van der Waals surface area contributed by atoms with Crippen LogP contribution in [0.5, 0.6) is 5.88 Å². The molecule has 3 N–H and O–H groups in total. The first-order valence-corrected chi connectivity index (χ1v) is 5.31. The van der Waals surface area contributed by atoms with Gasteiger partial charge in [0.15, 0.2) is 0 Å².